The zero-order valence-electron chi connectivity index (χ0n) is 14.6. The number of thioether (sulfide) groups is 2. The van der Waals surface area contributed by atoms with Crippen LogP contribution in [0, 0.1) is 6.92 Å². The van der Waals surface area contributed by atoms with Crippen LogP contribution in [0.5, 0.6) is 0 Å². The van der Waals surface area contributed by atoms with E-state index in [1.807, 2.05) is 13.0 Å². The van der Waals surface area contributed by atoms with Crippen molar-refractivity contribution in [3.05, 3.63) is 54.1 Å². The standard InChI is InChI=1S/C17H16N4O4S3/c1-10-3-2-4-12(9-10)21-14(22)15(27-17(21)23)26-16(18)20-11-5-7-13(8-6-11)28(19,24)25/h2-9,15H,1H3,(H2,18,20)(H2,19,24,25)/t15-/m1/s1. The number of imide groups is 1. The second-order valence-electron chi connectivity index (χ2n) is 5.84. The first-order valence-corrected chi connectivity index (χ1v) is 11.2. The quantitative estimate of drug-likeness (QED) is 0.555. The zero-order valence-corrected chi connectivity index (χ0v) is 17.1. The number of aryl methyl sites for hydroxylation is 1. The minimum absolute atomic E-state index is 0.0430. The van der Waals surface area contributed by atoms with Crippen LogP contribution < -0.4 is 15.8 Å². The highest BCUT2D eigenvalue weighted by Crippen LogP contribution is 2.38. The Morgan fingerprint density at radius 2 is 1.86 bits per heavy atom. The van der Waals surface area contributed by atoms with Gasteiger partial charge in [-0.3, -0.25) is 9.59 Å². The highest BCUT2D eigenvalue weighted by atomic mass is 32.2. The lowest BCUT2D eigenvalue weighted by Crippen LogP contribution is -2.31. The van der Waals surface area contributed by atoms with Gasteiger partial charge in [-0.25, -0.2) is 23.4 Å². The lowest BCUT2D eigenvalue weighted by Gasteiger charge is -2.14. The molecule has 146 valence electrons. The van der Waals surface area contributed by atoms with E-state index in [9.17, 15) is 18.0 Å². The van der Waals surface area contributed by atoms with Crippen molar-refractivity contribution in [2.45, 2.75) is 16.4 Å². The molecule has 1 aliphatic rings. The lowest BCUT2D eigenvalue weighted by molar-refractivity contribution is -0.115. The summed E-state index contributed by atoms with van der Waals surface area (Å²) < 4.78 is 21.8. The smallest absolute Gasteiger partial charge is 0.294 e. The number of amidine groups is 1. The lowest BCUT2D eigenvalue weighted by atomic mass is 10.2. The van der Waals surface area contributed by atoms with E-state index in [1.165, 1.54) is 24.3 Å². The number of hydrogen-bond acceptors (Lipinski definition) is 7. The van der Waals surface area contributed by atoms with E-state index in [2.05, 4.69) is 4.99 Å². The third-order valence-electron chi connectivity index (χ3n) is 3.70. The van der Waals surface area contributed by atoms with Gasteiger partial charge < -0.3 is 5.73 Å². The Hall–Kier alpha value is -2.34. The largest absolute Gasteiger partial charge is 0.378 e. The maximum atomic E-state index is 12.6. The molecule has 4 N–H and O–H groups in total. The van der Waals surface area contributed by atoms with Crippen molar-refractivity contribution in [1.82, 2.24) is 0 Å². The first kappa shape index (κ1) is 20.4. The molecule has 0 aromatic heterocycles. The molecule has 0 aliphatic carbocycles. The summed E-state index contributed by atoms with van der Waals surface area (Å²) in [4.78, 5) is 30.2. The highest BCUT2D eigenvalue weighted by molar-refractivity contribution is 8.31. The first-order valence-electron chi connectivity index (χ1n) is 7.90. The van der Waals surface area contributed by atoms with E-state index in [0.717, 1.165) is 34.0 Å². The highest BCUT2D eigenvalue weighted by Gasteiger charge is 2.41. The molecule has 0 spiro atoms. The number of carbonyl (C=O) groups is 2. The summed E-state index contributed by atoms with van der Waals surface area (Å²) in [5.74, 6) is -0.381. The molecular formula is C17H16N4O4S3. The number of aliphatic imine (C=N–C) groups is 1. The topological polar surface area (TPSA) is 136 Å². The van der Waals surface area contributed by atoms with Crippen molar-refractivity contribution in [3.63, 3.8) is 0 Å². The molecule has 11 heteroatoms. The molecule has 0 saturated carbocycles. The predicted octanol–water partition coefficient (Wildman–Crippen LogP) is 2.55. The number of amides is 2. The van der Waals surface area contributed by atoms with Gasteiger partial charge in [0.15, 0.2) is 5.17 Å². The van der Waals surface area contributed by atoms with E-state index in [4.69, 9.17) is 10.9 Å². The summed E-state index contributed by atoms with van der Waals surface area (Å²) in [6.45, 7) is 1.87. The van der Waals surface area contributed by atoms with Crippen LogP contribution >= 0.6 is 23.5 Å². The number of hydrogen-bond donors (Lipinski definition) is 2. The van der Waals surface area contributed by atoms with Crippen molar-refractivity contribution < 1.29 is 18.0 Å². The van der Waals surface area contributed by atoms with Crippen molar-refractivity contribution in [2.24, 2.45) is 15.9 Å². The maximum absolute atomic E-state index is 12.6. The first-order chi connectivity index (χ1) is 13.1. The van der Waals surface area contributed by atoms with Crippen LogP contribution in [0.25, 0.3) is 0 Å². The van der Waals surface area contributed by atoms with Crippen LogP contribution in [0.2, 0.25) is 0 Å². The van der Waals surface area contributed by atoms with Crippen molar-refractivity contribution in [1.29, 1.82) is 0 Å². The van der Waals surface area contributed by atoms with Gasteiger partial charge in [-0.05, 0) is 60.6 Å². The number of nitrogens with two attached hydrogens (primary N) is 2. The van der Waals surface area contributed by atoms with E-state index in [-0.39, 0.29) is 21.2 Å². The fourth-order valence-corrected chi connectivity index (χ4v) is 4.96. The monoisotopic (exact) mass is 436 g/mol. The Morgan fingerprint density at radius 1 is 1.18 bits per heavy atom. The molecule has 0 radical (unpaired) electrons. The van der Waals surface area contributed by atoms with Gasteiger partial charge in [-0.1, -0.05) is 23.9 Å². The van der Waals surface area contributed by atoms with E-state index in [1.54, 1.807) is 18.2 Å². The molecule has 1 atom stereocenters. The number of rotatable bonds is 4. The fraction of sp³-hybridized carbons (Fsp3) is 0.118. The predicted molar refractivity (Wildman–Crippen MR) is 112 cm³/mol. The number of anilines is 1. The summed E-state index contributed by atoms with van der Waals surface area (Å²) in [6, 6.07) is 12.6. The Balaban J connectivity index is 1.74. The van der Waals surface area contributed by atoms with Crippen LogP contribution in [-0.2, 0) is 14.8 Å². The van der Waals surface area contributed by atoms with Crippen molar-refractivity contribution in [3.8, 4) is 0 Å². The molecule has 0 bridgehead atoms. The molecule has 2 aromatic rings. The van der Waals surface area contributed by atoms with Gasteiger partial charge in [0.05, 0.1) is 16.3 Å². The summed E-state index contributed by atoms with van der Waals surface area (Å²) >= 11 is 1.83. The van der Waals surface area contributed by atoms with E-state index < -0.39 is 14.6 Å². The molecule has 1 aliphatic heterocycles. The Bertz CT molecular complexity index is 1070. The van der Waals surface area contributed by atoms with Crippen LogP contribution in [0.3, 0.4) is 0 Å². The van der Waals surface area contributed by atoms with E-state index >= 15 is 0 Å². The summed E-state index contributed by atoms with van der Waals surface area (Å²) in [7, 11) is -3.79. The fourth-order valence-electron chi connectivity index (χ4n) is 2.44. The van der Waals surface area contributed by atoms with Gasteiger partial charge in [0.25, 0.3) is 11.1 Å². The van der Waals surface area contributed by atoms with Crippen molar-refractivity contribution >= 4 is 61.2 Å². The number of nitrogens with zero attached hydrogens (tertiary/aromatic N) is 2. The Kier molecular flexibility index (Phi) is 5.79. The van der Waals surface area contributed by atoms with Gasteiger partial charge in [-0.15, -0.1) is 0 Å². The third kappa shape index (κ3) is 4.55. The molecule has 1 heterocycles. The molecule has 3 rings (SSSR count). The number of sulfonamides is 1. The van der Waals surface area contributed by atoms with Gasteiger partial charge in [0, 0.05) is 0 Å². The molecule has 28 heavy (non-hydrogen) atoms. The molecule has 2 amide bonds. The Morgan fingerprint density at radius 3 is 2.46 bits per heavy atom. The summed E-state index contributed by atoms with van der Waals surface area (Å²) in [6.07, 6.45) is 0. The molecule has 1 saturated heterocycles. The maximum Gasteiger partial charge on any atom is 0.294 e. The Labute approximate surface area is 170 Å². The molecular weight excluding hydrogens is 420 g/mol. The minimum Gasteiger partial charge on any atom is -0.378 e. The number of benzene rings is 2. The SMILES string of the molecule is Cc1cccc(N2C(=O)S[C@@H](SC(N)=Nc3ccc(S(N)(=O)=O)cc3)C2=O)c1. The van der Waals surface area contributed by atoms with Crippen molar-refractivity contribution in [2.75, 3.05) is 4.90 Å². The van der Waals surface area contributed by atoms with Gasteiger partial charge in [-0.2, -0.15) is 0 Å². The van der Waals surface area contributed by atoms with Gasteiger partial charge in [0.2, 0.25) is 10.0 Å². The average Bonchev–Trinajstić information content (AvgIpc) is 2.88. The second kappa shape index (κ2) is 7.95. The summed E-state index contributed by atoms with van der Waals surface area (Å²) in [5.41, 5.74) is 7.74. The minimum atomic E-state index is -3.79. The summed E-state index contributed by atoms with van der Waals surface area (Å²) in [5, 5.41) is 4.75. The normalized spacial score (nSPS) is 18.0. The zero-order chi connectivity index (χ0) is 20.5. The molecule has 2 aromatic carbocycles. The average molecular weight is 437 g/mol. The van der Waals surface area contributed by atoms with Crippen LogP contribution in [0.15, 0.2) is 58.4 Å². The molecule has 8 nitrogen and oxygen atoms in total. The van der Waals surface area contributed by atoms with Gasteiger partial charge >= 0.3 is 0 Å². The third-order valence-corrected chi connectivity index (χ3v) is 6.76. The number of carbonyl (C=O) groups excluding carboxylic acids is 2. The van der Waals surface area contributed by atoms with Crippen LogP contribution in [0.4, 0.5) is 16.2 Å². The van der Waals surface area contributed by atoms with E-state index in [0.29, 0.717) is 11.4 Å². The number of primary sulfonamides is 1. The van der Waals surface area contributed by atoms with Crippen LogP contribution in [0.1, 0.15) is 5.56 Å². The van der Waals surface area contributed by atoms with Crippen LogP contribution in [-0.4, -0.2) is 29.3 Å². The molecule has 0 unspecified atom stereocenters. The van der Waals surface area contributed by atoms with Gasteiger partial charge in [0.1, 0.15) is 4.58 Å². The molecule has 1 fully saturated rings. The second-order valence-corrected chi connectivity index (χ2v) is 9.88.